The van der Waals surface area contributed by atoms with E-state index >= 15 is 0 Å². The molecule has 0 aliphatic heterocycles. The number of carbonyl (C=O) groups excluding carboxylic acids is 1. The third kappa shape index (κ3) is 4.60. The second-order valence-corrected chi connectivity index (χ2v) is 5.40. The maximum atomic E-state index is 12.3. The monoisotopic (exact) mass is 306 g/mol. The molecule has 122 valence electrons. The van der Waals surface area contributed by atoms with Gasteiger partial charge in [-0.3, -0.25) is 0 Å². The molecule has 0 saturated heterocycles. The zero-order chi connectivity index (χ0) is 16.6. The number of rotatable bonds is 9. The van der Waals surface area contributed by atoms with Crippen molar-refractivity contribution in [1.82, 2.24) is 0 Å². The zero-order valence-corrected chi connectivity index (χ0v) is 14.2. The van der Waals surface area contributed by atoms with Gasteiger partial charge in [0.2, 0.25) is 0 Å². The molecular formula is C18H28NO3+. The highest BCUT2D eigenvalue weighted by Gasteiger charge is 2.26. The van der Waals surface area contributed by atoms with Crippen LogP contribution >= 0.6 is 0 Å². The lowest BCUT2D eigenvalue weighted by Gasteiger charge is -2.34. The second-order valence-electron chi connectivity index (χ2n) is 5.40. The molecule has 0 aromatic heterocycles. The molecular weight excluding hydrogens is 278 g/mol. The van der Waals surface area contributed by atoms with Crippen molar-refractivity contribution in [2.75, 3.05) is 33.3 Å². The average molecular weight is 306 g/mol. The number of benzene rings is 1. The highest BCUT2D eigenvalue weighted by Crippen LogP contribution is 2.28. The molecule has 1 rings (SSSR count). The molecule has 0 amide bonds. The van der Waals surface area contributed by atoms with Crippen LogP contribution in [0.3, 0.4) is 0 Å². The molecule has 1 aromatic carbocycles. The summed E-state index contributed by atoms with van der Waals surface area (Å²) in [5.41, 5.74) is 1.08. The second kappa shape index (κ2) is 8.59. The number of ether oxygens (including phenoxy) is 2. The Morgan fingerprint density at radius 3 is 2.32 bits per heavy atom. The largest absolute Gasteiger partial charge is 0.493 e. The van der Waals surface area contributed by atoms with Gasteiger partial charge in [0.1, 0.15) is 0 Å². The minimum absolute atomic E-state index is 0.222. The van der Waals surface area contributed by atoms with Crippen molar-refractivity contribution in [3.63, 3.8) is 0 Å². The number of hydrogen-bond acceptors (Lipinski definition) is 3. The van der Waals surface area contributed by atoms with Crippen LogP contribution in [0.2, 0.25) is 0 Å². The van der Waals surface area contributed by atoms with Crippen molar-refractivity contribution in [2.24, 2.45) is 0 Å². The van der Waals surface area contributed by atoms with Gasteiger partial charge >= 0.3 is 5.97 Å². The first kappa shape index (κ1) is 18.2. The number of quaternary nitrogens is 1. The molecule has 4 heteroatoms. The quantitative estimate of drug-likeness (QED) is 0.304. The number of carbonyl (C=O) groups is 1. The number of allylic oxidation sites excluding steroid dienone is 1. The molecule has 0 spiro atoms. The molecule has 0 N–H and O–H groups in total. The molecule has 0 bridgehead atoms. The standard InChI is InChI=1S/C18H28NO3/c1-6-10-15-11-12-16(17(13-15)21-5)22-18(20)14-19(7-2,8-3)9-4/h6,11-13H,1,7-10,14H2,2-5H3/q+1. The summed E-state index contributed by atoms with van der Waals surface area (Å²) in [5, 5.41) is 0. The molecule has 0 aliphatic rings. The molecule has 0 fully saturated rings. The topological polar surface area (TPSA) is 35.5 Å². The summed E-state index contributed by atoms with van der Waals surface area (Å²) in [6.07, 6.45) is 2.59. The Kier molecular flexibility index (Phi) is 7.12. The van der Waals surface area contributed by atoms with E-state index in [1.165, 1.54) is 0 Å². The van der Waals surface area contributed by atoms with Gasteiger partial charge in [0.05, 0.1) is 26.7 Å². The van der Waals surface area contributed by atoms with E-state index in [-0.39, 0.29) is 5.97 Å². The van der Waals surface area contributed by atoms with Gasteiger partial charge in [-0.05, 0) is 44.9 Å². The van der Waals surface area contributed by atoms with Crippen LogP contribution < -0.4 is 9.47 Å². The van der Waals surface area contributed by atoms with E-state index in [9.17, 15) is 4.79 Å². The number of hydrogen-bond donors (Lipinski definition) is 0. The Hall–Kier alpha value is -1.81. The van der Waals surface area contributed by atoms with Gasteiger partial charge in [-0.1, -0.05) is 12.1 Å². The lowest BCUT2D eigenvalue weighted by atomic mass is 10.1. The van der Waals surface area contributed by atoms with Crippen LogP contribution in [0.25, 0.3) is 0 Å². The van der Waals surface area contributed by atoms with Crippen molar-refractivity contribution in [2.45, 2.75) is 27.2 Å². The van der Waals surface area contributed by atoms with Crippen LogP contribution in [0.1, 0.15) is 26.3 Å². The van der Waals surface area contributed by atoms with Crippen molar-refractivity contribution < 1.29 is 18.8 Å². The van der Waals surface area contributed by atoms with Crippen molar-refractivity contribution in [3.05, 3.63) is 36.4 Å². The summed E-state index contributed by atoms with van der Waals surface area (Å²) in [5.74, 6) is 0.831. The molecule has 0 unspecified atom stereocenters. The van der Waals surface area contributed by atoms with Crippen LogP contribution in [-0.4, -0.2) is 43.7 Å². The van der Waals surface area contributed by atoms with Crippen molar-refractivity contribution >= 4 is 5.97 Å². The first-order chi connectivity index (χ1) is 10.5. The normalized spacial score (nSPS) is 11.1. The van der Waals surface area contributed by atoms with E-state index in [1.54, 1.807) is 13.2 Å². The SMILES string of the molecule is C=CCc1ccc(OC(=O)C[N+](CC)(CC)CC)c(OC)c1. The Bertz CT molecular complexity index is 499. The Morgan fingerprint density at radius 2 is 1.82 bits per heavy atom. The molecule has 4 nitrogen and oxygen atoms in total. The lowest BCUT2D eigenvalue weighted by molar-refractivity contribution is -0.916. The summed E-state index contributed by atoms with van der Waals surface area (Å²) < 4.78 is 11.6. The van der Waals surface area contributed by atoms with Gasteiger partial charge in [0.25, 0.3) is 0 Å². The van der Waals surface area contributed by atoms with Gasteiger partial charge in [-0.15, -0.1) is 6.58 Å². The Labute approximate surface area is 133 Å². The molecule has 1 aromatic rings. The predicted octanol–water partition coefficient (Wildman–Crippen LogP) is 3.21. The summed E-state index contributed by atoms with van der Waals surface area (Å²) in [6.45, 7) is 13.1. The molecule has 0 radical (unpaired) electrons. The van der Waals surface area contributed by atoms with E-state index in [0.29, 0.717) is 18.0 Å². The molecule has 0 saturated carbocycles. The van der Waals surface area contributed by atoms with E-state index < -0.39 is 0 Å². The fourth-order valence-corrected chi connectivity index (χ4v) is 2.52. The molecule has 0 heterocycles. The number of methoxy groups -OCH3 is 1. The first-order valence-electron chi connectivity index (χ1n) is 7.87. The fraction of sp³-hybridized carbons (Fsp3) is 0.500. The summed E-state index contributed by atoms with van der Waals surface area (Å²) in [6, 6.07) is 5.59. The minimum Gasteiger partial charge on any atom is -0.493 e. The summed E-state index contributed by atoms with van der Waals surface area (Å²) in [4.78, 5) is 12.3. The van der Waals surface area contributed by atoms with Gasteiger partial charge < -0.3 is 14.0 Å². The van der Waals surface area contributed by atoms with Crippen molar-refractivity contribution in [1.29, 1.82) is 0 Å². The van der Waals surface area contributed by atoms with Gasteiger partial charge in [-0.25, -0.2) is 4.79 Å². The van der Waals surface area contributed by atoms with Gasteiger partial charge in [-0.2, -0.15) is 0 Å². The maximum absolute atomic E-state index is 12.3. The van der Waals surface area contributed by atoms with Crippen LogP contribution in [-0.2, 0) is 11.2 Å². The third-order valence-electron chi connectivity index (χ3n) is 4.31. The third-order valence-corrected chi connectivity index (χ3v) is 4.31. The van der Waals surface area contributed by atoms with Crippen molar-refractivity contribution in [3.8, 4) is 11.5 Å². The van der Waals surface area contributed by atoms with Crippen LogP contribution in [0.5, 0.6) is 11.5 Å². The average Bonchev–Trinajstić information content (AvgIpc) is 2.54. The van der Waals surface area contributed by atoms with Gasteiger partial charge in [0.15, 0.2) is 18.0 Å². The fourth-order valence-electron chi connectivity index (χ4n) is 2.52. The highest BCUT2D eigenvalue weighted by molar-refractivity contribution is 5.74. The molecule has 0 atom stereocenters. The van der Waals surface area contributed by atoms with E-state index in [0.717, 1.165) is 36.1 Å². The Balaban J connectivity index is 2.85. The predicted molar refractivity (Wildman–Crippen MR) is 89.3 cm³/mol. The summed E-state index contributed by atoms with van der Waals surface area (Å²) in [7, 11) is 1.58. The van der Waals surface area contributed by atoms with Crippen LogP contribution in [0.4, 0.5) is 0 Å². The number of nitrogens with zero attached hydrogens (tertiary/aromatic N) is 1. The molecule has 22 heavy (non-hydrogen) atoms. The van der Waals surface area contributed by atoms with E-state index in [4.69, 9.17) is 9.47 Å². The smallest absolute Gasteiger partial charge is 0.367 e. The number of esters is 1. The lowest BCUT2D eigenvalue weighted by Crippen LogP contribution is -2.51. The zero-order valence-electron chi connectivity index (χ0n) is 14.2. The van der Waals surface area contributed by atoms with E-state index in [2.05, 4.69) is 27.4 Å². The summed E-state index contributed by atoms with van der Waals surface area (Å²) >= 11 is 0. The Morgan fingerprint density at radius 1 is 1.18 bits per heavy atom. The minimum atomic E-state index is -0.222. The maximum Gasteiger partial charge on any atom is 0.367 e. The number of likely N-dealkylation sites (N-methyl/N-ethyl adjacent to an activating group) is 1. The molecule has 0 aliphatic carbocycles. The van der Waals surface area contributed by atoms with Crippen LogP contribution in [0.15, 0.2) is 30.9 Å². The van der Waals surface area contributed by atoms with Gasteiger partial charge in [0, 0.05) is 0 Å². The first-order valence-corrected chi connectivity index (χ1v) is 7.87. The van der Waals surface area contributed by atoms with Crippen LogP contribution in [0, 0.1) is 0 Å². The highest BCUT2D eigenvalue weighted by atomic mass is 16.6. The van der Waals surface area contributed by atoms with E-state index in [1.807, 2.05) is 18.2 Å².